The summed E-state index contributed by atoms with van der Waals surface area (Å²) < 4.78 is 7.33. The molecule has 7 heteroatoms. The van der Waals surface area contributed by atoms with Crippen LogP contribution in [0.1, 0.15) is 16.5 Å². The second-order valence-electron chi connectivity index (χ2n) is 5.98. The predicted molar refractivity (Wildman–Crippen MR) is 116 cm³/mol. The van der Waals surface area contributed by atoms with Gasteiger partial charge in [-0.15, -0.1) is 11.3 Å². The van der Waals surface area contributed by atoms with Gasteiger partial charge in [0.1, 0.15) is 11.9 Å². The van der Waals surface area contributed by atoms with Crippen LogP contribution >= 0.6 is 27.3 Å². The van der Waals surface area contributed by atoms with Crippen molar-refractivity contribution in [2.75, 3.05) is 20.7 Å². The molecule has 0 spiro atoms. The van der Waals surface area contributed by atoms with Crippen LogP contribution in [0.3, 0.4) is 0 Å². The summed E-state index contributed by atoms with van der Waals surface area (Å²) >= 11 is 5.10. The molecule has 0 aliphatic carbocycles. The van der Waals surface area contributed by atoms with E-state index in [0.29, 0.717) is 19.0 Å². The molecule has 0 radical (unpaired) electrons. The van der Waals surface area contributed by atoms with E-state index in [0.717, 1.165) is 26.0 Å². The zero-order valence-corrected chi connectivity index (χ0v) is 17.6. The average Bonchev–Trinajstić information content (AvgIpc) is 3.12. The summed E-state index contributed by atoms with van der Waals surface area (Å²) in [6.07, 6.45) is -0.587. The number of methoxy groups -OCH3 is 1. The number of aliphatic hydroxyl groups excluding tert-OH is 1. The van der Waals surface area contributed by atoms with E-state index >= 15 is 0 Å². The lowest BCUT2D eigenvalue weighted by atomic mass is 10.2. The quantitative estimate of drug-likeness (QED) is 0.393. The topological polar surface area (TPSA) is 65.9 Å². The number of halogens is 1. The lowest BCUT2D eigenvalue weighted by Gasteiger charge is -2.15. The summed E-state index contributed by atoms with van der Waals surface area (Å²) in [4.78, 5) is 5.16. The first-order chi connectivity index (χ1) is 13.1. The summed E-state index contributed by atoms with van der Waals surface area (Å²) in [5.41, 5.74) is 1.09. The molecule has 0 saturated heterocycles. The van der Waals surface area contributed by atoms with Gasteiger partial charge < -0.3 is 20.5 Å². The van der Waals surface area contributed by atoms with Crippen molar-refractivity contribution in [1.29, 1.82) is 0 Å². The van der Waals surface area contributed by atoms with Crippen LogP contribution < -0.4 is 15.4 Å². The van der Waals surface area contributed by atoms with Crippen molar-refractivity contribution >= 4 is 43.3 Å². The molecule has 0 saturated carbocycles. The van der Waals surface area contributed by atoms with E-state index in [1.165, 1.54) is 4.70 Å². The highest BCUT2D eigenvalue weighted by Crippen LogP contribution is 2.29. The van der Waals surface area contributed by atoms with Crippen molar-refractivity contribution < 1.29 is 9.84 Å². The number of ether oxygens (including phenoxy) is 1. The molecule has 27 heavy (non-hydrogen) atoms. The number of hydrogen-bond acceptors (Lipinski definition) is 4. The zero-order chi connectivity index (χ0) is 19.2. The summed E-state index contributed by atoms with van der Waals surface area (Å²) in [7, 11) is 3.36. The maximum absolute atomic E-state index is 10.5. The van der Waals surface area contributed by atoms with E-state index in [-0.39, 0.29) is 0 Å². The molecule has 0 fully saturated rings. The predicted octanol–water partition coefficient (Wildman–Crippen LogP) is 4.07. The van der Waals surface area contributed by atoms with Crippen molar-refractivity contribution in [3.8, 4) is 5.75 Å². The molecular weight excluding hydrogens is 426 g/mol. The Balaban J connectivity index is 1.54. The third-order valence-electron chi connectivity index (χ3n) is 4.14. The van der Waals surface area contributed by atoms with Gasteiger partial charge in [-0.05, 0) is 51.1 Å². The van der Waals surface area contributed by atoms with Crippen molar-refractivity contribution in [2.24, 2.45) is 4.99 Å². The second kappa shape index (κ2) is 9.21. The fourth-order valence-electron chi connectivity index (χ4n) is 2.69. The first-order valence-electron chi connectivity index (χ1n) is 8.54. The average molecular weight is 448 g/mol. The summed E-state index contributed by atoms with van der Waals surface area (Å²) in [6, 6.07) is 16.1. The number of guanidine groups is 1. The monoisotopic (exact) mass is 447 g/mol. The highest BCUT2D eigenvalue weighted by Gasteiger charge is 2.12. The van der Waals surface area contributed by atoms with E-state index in [1.807, 2.05) is 36.4 Å². The van der Waals surface area contributed by atoms with Crippen LogP contribution in [0.4, 0.5) is 0 Å². The Morgan fingerprint density at radius 2 is 2.04 bits per heavy atom. The Kier molecular flexibility index (Phi) is 6.71. The first-order valence-corrected chi connectivity index (χ1v) is 10.1. The molecular formula is C20H22BrN3O2S. The number of fused-ring (bicyclic) bond motifs is 1. The fraction of sp³-hybridized carbons (Fsp3) is 0.250. The fourth-order valence-corrected chi connectivity index (χ4v) is 4.33. The second-order valence-corrected chi connectivity index (χ2v) is 7.95. The van der Waals surface area contributed by atoms with E-state index in [4.69, 9.17) is 4.74 Å². The van der Waals surface area contributed by atoms with Crippen LogP contribution in [0.2, 0.25) is 0 Å². The number of rotatable bonds is 6. The molecule has 1 aromatic heterocycles. The molecule has 3 aromatic rings. The summed E-state index contributed by atoms with van der Waals surface area (Å²) in [6.45, 7) is 1.00. The number of thiophene rings is 1. The third kappa shape index (κ3) is 5.00. The molecule has 0 amide bonds. The van der Waals surface area contributed by atoms with E-state index in [9.17, 15) is 5.11 Å². The number of aliphatic hydroxyl groups is 1. The third-order valence-corrected chi connectivity index (χ3v) is 5.97. The van der Waals surface area contributed by atoms with Gasteiger partial charge in [-0.2, -0.15) is 0 Å². The lowest BCUT2D eigenvalue weighted by molar-refractivity contribution is 0.184. The van der Waals surface area contributed by atoms with Gasteiger partial charge >= 0.3 is 0 Å². The normalized spacial score (nSPS) is 12.8. The molecule has 3 N–H and O–H groups in total. The van der Waals surface area contributed by atoms with Crippen LogP contribution in [-0.4, -0.2) is 31.8 Å². The maximum atomic E-state index is 10.5. The molecule has 1 heterocycles. The molecule has 1 unspecified atom stereocenters. The zero-order valence-electron chi connectivity index (χ0n) is 15.2. The number of aliphatic imine (C=N–C) groups is 1. The Morgan fingerprint density at radius 3 is 2.74 bits per heavy atom. The number of nitrogens with zero attached hydrogens (tertiary/aromatic N) is 1. The van der Waals surface area contributed by atoms with E-state index in [2.05, 4.69) is 43.7 Å². The Bertz CT molecular complexity index is 909. The van der Waals surface area contributed by atoms with Gasteiger partial charge in [-0.25, -0.2) is 0 Å². The standard InChI is InChI=1S/C20H22BrN3O2S/c1-22-20(23-11-13-7-8-17(26-2)15(21)9-13)24-12-16(25)19-10-14-5-3-4-6-18(14)27-19/h3-10,16,25H,11-12H2,1-2H3,(H2,22,23,24). The number of nitrogens with one attached hydrogen (secondary N) is 2. The van der Waals surface area contributed by atoms with Gasteiger partial charge in [0, 0.05) is 29.7 Å². The minimum Gasteiger partial charge on any atom is -0.496 e. The van der Waals surface area contributed by atoms with Crippen LogP contribution in [0.25, 0.3) is 10.1 Å². The van der Waals surface area contributed by atoms with E-state index in [1.54, 1.807) is 25.5 Å². The SMILES string of the molecule is CN=C(NCc1ccc(OC)c(Br)c1)NCC(O)c1cc2ccccc2s1. The molecule has 0 aliphatic heterocycles. The minimum absolute atomic E-state index is 0.388. The molecule has 0 aliphatic rings. The first kappa shape index (κ1) is 19.7. The van der Waals surface area contributed by atoms with Gasteiger partial charge in [0.05, 0.1) is 11.6 Å². The molecule has 5 nitrogen and oxygen atoms in total. The number of benzene rings is 2. The number of hydrogen-bond donors (Lipinski definition) is 3. The van der Waals surface area contributed by atoms with Crippen molar-refractivity contribution in [1.82, 2.24) is 10.6 Å². The van der Waals surface area contributed by atoms with Gasteiger partial charge in [-0.3, -0.25) is 4.99 Å². The molecule has 1 atom stereocenters. The molecule has 2 aromatic carbocycles. The van der Waals surface area contributed by atoms with E-state index < -0.39 is 6.10 Å². The largest absolute Gasteiger partial charge is 0.496 e. The highest BCUT2D eigenvalue weighted by molar-refractivity contribution is 9.10. The molecule has 0 bridgehead atoms. The Morgan fingerprint density at radius 1 is 1.22 bits per heavy atom. The smallest absolute Gasteiger partial charge is 0.191 e. The van der Waals surface area contributed by atoms with Crippen molar-refractivity contribution in [3.63, 3.8) is 0 Å². The summed E-state index contributed by atoms with van der Waals surface area (Å²) in [5.74, 6) is 1.44. The Labute approximate surface area is 171 Å². The van der Waals surface area contributed by atoms with Gasteiger partial charge in [-0.1, -0.05) is 24.3 Å². The van der Waals surface area contributed by atoms with Crippen molar-refractivity contribution in [3.05, 3.63) is 63.4 Å². The minimum atomic E-state index is -0.587. The van der Waals surface area contributed by atoms with Crippen LogP contribution in [0, 0.1) is 0 Å². The van der Waals surface area contributed by atoms with Gasteiger partial charge in [0.25, 0.3) is 0 Å². The van der Waals surface area contributed by atoms with Gasteiger partial charge in [0.2, 0.25) is 0 Å². The van der Waals surface area contributed by atoms with Crippen molar-refractivity contribution in [2.45, 2.75) is 12.6 Å². The van der Waals surface area contributed by atoms with Crippen LogP contribution in [-0.2, 0) is 6.54 Å². The molecule has 3 rings (SSSR count). The summed E-state index contributed by atoms with van der Waals surface area (Å²) in [5, 5.41) is 18.1. The lowest BCUT2D eigenvalue weighted by Crippen LogP contribution is -2.38. The molecule has 142 valence electrons. The van der Waals surface area contributed by atoms with Crippen LogP contribution in [0.5, 0.6) is 5.75 Å². The Hall–Kier alpha value is -2.09. The van der Waals surface area contributed by atoms with Gasteiger partial charge in [0.15, 0.2) is 5.96 Å². The maximum Gasteiger partial charge on any atom is 0.191 e. The highest BCUT2D eigenvalue weighted by atomic mass is 79.9. The van der Waals surface area contributed by atoms with Crippen LogP contribution in [0.15, 0.2) is 58.0 Å².